The molecule has 10 atom stereocenters. The number of carbonyl (C=O) groups excluding carboxylic acids is 1. The number of fused-ring (bicyclic) bond motifs is 1. The van der Waals surface area contributed by atoms with Crippen LogP contribution in [0.5, 0.6) is 23.0 Å². The molecule has 3 aromatic rings. The number of aromatic hydroxyl groups is 3. The van der Waals surface area contributed by atoms with Crippen LogP contribution in [-0.4, -0.2) is 114 Å². The van der Waals surface area contributed by atoms with E-state index in [9.17, 15) is 55.2 Å². The molecule has 46 heavy (non-hydrogen) atoms. The molecule has 17 nitrogen and oxygen atoms in total. The summed E-state index contributed by atoms with van der Waals surface area (Å²) in [7, 11) is 0. The first-order valence-corrected chi connectivity index (χ1v) is 13.7. The quantitative estimate of drug-likeness (QED) is 0.116. The molecule has 0 bridgehead atoms. The molecule has 1 aromatic heterocycles. The van der Waals surface area contributed by atoms with Gasteiger partial charge in [-0.15, -0.1) is 0 Å². The van der Waals surface area contributed by atoms with Crippen molar-refractivity contribution in [3.63, 3.8) is 0 Å². The fourth-order valence-corrected chi connectivity index (χ4v) is 5.17. The van der Waals surface area contributed by atoms with Crippen LogP contribution in [0.4, 0.5) is 0 Å². The van der Waals surface area contributed by atoms with Crippen molar-refractivity contribution in [2.45, 2.75) is 75.3 Å². The molecule has 0 saturated carbocycles. The maximum absolute atomic E-state index is 12.9. The number of benzene rings is 2. The minimum Gasteiger partial charge on any atom is -0.507 e. The maximum Gasteiger partial charge on any atom is 0.335 e. The Hall–Kier alpha value is -4.49. The van der Waals surface area contributed by atoms with Gasteiger partial charge in [0.25, 0.3) is 0 Å². The highest BCUT2D eigenvalue weighted by molar-refractivity contribution is 5.86. The molecule has 2 aliphatic heterocycles. The molecule has 0 amide bonds. The van der Waals surface area contributed by atoms with Gasteiger partial charge in [0.2, 0.25) is 6.29 Å². The summed E-state index contributed by atoms with van der Waals surface area (Å²) in [6, 6.07) is 6.76. The number of phenols is 3. The Kier molecular flexibility index (Phi) is 9.09. The molecule has 0 radical (unpaired) electrons. The summed E-state index contributed by atoms with van der Waals surface area (Å²) in [4.78, 5) is 36.1. The van der Waals surface area contributed by atoms with E-state index in [0.717, 1.165) is 37.3 Å². The molecule has 2 aromatic carbocycles. The highest BCUT2D eigenvalue weighted by atomic mass is 16.8. The van der Waals surface area contributed by atoms with Crippen LogP contribution < -0.4 is 10.2 Å². The van der Waals surface area contributed by atoms with Gasteiger partial charge in [-0.3, -0.25) is 9.59 Å². The first-order chi connectivity index (χ1) is 21.7. The van der Waals surface area contributed by atoms with Crippen molar-refractivity contribution in [2.24, 2.45) is 0 Å². The molecule has 8 N–H and O–H groups in total. The van der Waals surface area contributed by atoms with Crippen molar-refractivity contribution >= 4 is 22.9 Å². The summed E-state index contributed by atoms with van der Waals surface area (Å²) < 4.78 is 33.1. The first-order valence-electron chi connectivity index (χ1n) is 13.7. The molecule has 0 aliphatic carbocycles. The van der Waals surface area contributed by atoms with Gasteiger partial charge in [0.05, 0.1) is 6.10 Å². The molecular weight excluding hydrogens is 620 g/mol. The van der Waals surface area contributed by atoms with Gasteiger partial charge in [-0.2, -0.15) is 0 Å². The van der Waals surface area contributed by atoms with Crippen LogP contribution in [0.25, 0.3) is 22.3 Å². The maximum atomic E-state index is 12.9. The third-order valence-electron chi connectivity index (χ3n) is 7.45. The number of esters is 1. The third kappa shape index (κ3) is 6.29. The van der Waals surface area contributed by atoms with Crippen molar-refractivity contribution in [2.75, 3.05) is 0 Å². The highest BCUT2D eigenvalue weighted by Crippen LogP contribution is 2.36. The van der Waals surface area contributed by atoms with Crippen LogP contribution in [-0.2, 0) is 28.5 Å². The van der Waals surface area contributed by atoms with E-state index in [2.05, 4.69) is 0 Å². The highest BCUT2D eigenvalue weighted by Gasteiger charge is 2.53. The van der Waals surface area contributed by atoms with Crippen molar-refractivity contribution in [3.8, 4) is 34.3 Å². The minimum atomic E-state index is -2.08. The fourth-order valence-electron chi connectivity index (χ4n) is 5.17. The Balaban J connectivity index is 1.48. The second-order valence-electron chi connectivity index (χ2n) is 10.7. The van der Waals surface area contributed by atoms with Gasteiger partial charge in [0.15, 0.2) is 41.5 Å². The number of aliphatic hydroxyl groups excluding tert-OH is 4. The number of ether oxygens (including phenoxy) is 5. The van der Waals surface area contributed by atoms with Gasteiger partial charge in [0.1, 0.15) is 52.6 Å². The van der Waals surface area contributed by atoms with Gasteiger partial charge in [-0.1, -0.05) is 0 Å². The van der Waals surface area contributed by atoms with Crippen LogP contribution >= 0.6 is 0 Å². The summed E-state index contributed by atoms with van der Waals surface area (Å²) in [5.41, 5.74) is -0.757. The lowest BCUT2D eigenvalue weighted by atomic mass is 9.97. The van der Waals surface area contributed by atoms with Gasteiger partial charge >= 0.3 is 11.9 Å². The van der Waals surface area contributed by atoms with Gasteiger partial charge in [0, 0.05) is 30.7 Å². The van der Waals surface area contributed by atoms with Crippen molar-refractivity contribution < 1.29 is 78.5 Å². The normalized spacial score (nSPS) is 31.3. The molecule has 5 rings (SSSR count). The monoisotopic (exact) mass is 650 g/mol. The summed E-state index contributed by atoms with van der Waals surface area (Å²) >= 11 is 0. The topological polar surface area (TPSA) is 272 Å². The van der Waals surface area contributed by atoms with Crippen LogP contribution in [0.1, 0.15) is 13.8 Å². The second kappa shape index (κ2) is 12.7. The van der Waals surface area contributed by atoms with E-state index in [1.807, 2.05) is 0 Å². The average Bonchev–Trinajstić information content (AvgIpc) is 2.98. The number of aliphatic carboxylic acids is 1. The fraction of sp³-hybridized carbons (Fsp3) is 0.414. The zero-order valence-corrected chi connectivity index (χ0v) is 24.0. The van der Waals surface area contributed by atoms with Crippen molar-refractivity contribution in [1.29, 1.82) is 0 Å². The zero-order valence-electron chi connectivity index (χ0n) is 24.0. The van der Waals surface area contributed by atoms with Crippen molar-refractivity contribution in [1.82, 2.24) is 0 Å². The number of rotatable bonds is 7. The number of phenolic OH excluding ortho intramolecular Hbond substituents is 3. The van der Waals surface area contributed by atoms with Crippen LogP contribution in [0.2, 0.25) is 0 Å². The largest absolute Gasteiger partial charge is 0.507 e. The number of carboxylic acid groups (broad SMARTS) is 1. The SMILES string of the molecule is CC(=O)O[C@@H]1[C@@H](O)[C@@H](O)[C@H](O[C@H]2[C@H](Oc3cc(O)c4c(=O)cc(-c5ccc(O)c(O)c5)oc4c3)O[C@H](C(=O)O)[C@@H](O)[C@@H]2O)O[C@H]1C. The number of aliphatic hydroxyl groups is 4. The van der Waals surface area contributed by atoms with E-state index >= 15 is 0 Å². The van der Waals surface area contributed by atoms with Gasteiger partial charge in [-0.25, -0.2) is 4.79 Å². The summed E-state index contributed by atoms with van der Waals surface area (Å²) in [6.45, 7) is 2.48. The predicted molar refractivity (Wildman–Crippen MR) is 149 cm³/mol. The summed E-state index contributed by atoms with van der Waals surface area (Å²) in [6.07, 6.45) is -17.6. The van der Waals surface area contributed by atoms with Crippen LogP contribution in [0, 0.1) is 0 Å². The molecule has 0 spiro atoms. The Morgan fingerprint density at radius 1 is 0.804 bits per heavy atom. The zero-order chi connectivity index (χ0) is 33.6. The van der Waals surface area contributed by atoms with E-state index in [1.165, 1.54) is 13.0 Å². The lowest BCUT2D eigenvalue weighted by Gasteiger charge is -2.45. The second-order valence-corrected chi connectivity index (χ2v) is 10.7. The predicted octanol–water partition coefficient (Wildman–Crippen LogP) is -0.730. The first kappa shape index (κ1) is 32.9. The molecular formula is C29H30O17. The number of hydrogen-bond acceptors (Lipinski definition) is 16. The van der Waals surface area contributed by atoms with E-state index < -0.39 is 96.0 Å². The molecule has 2 aliphatic rings. The Morgan fingerprint density at radius 3 is 2.15 bits per heavy atom. The van der Waals surface area contributed by atoms with Gasteiger partial charge < -0.3 is 69.0 Å². The molecule has 3 heterocycles. The minimum absolute atomic E-state index is 0.0767. The number of carboxylic acids is 1. The Bertz CT molecular complexity index is 1690. The summed E-state index contributed by atoms with van der Waals surface area (Å²) in [5, 5.41) is 82.0. The standard InChI is InChI=1S/C29H30O17/c1-9-24(42-10(2)30)22(37)23(38)28(41-9)46-26-21(36)20(35)25(27(39)40)45-29(26)43-12-6-15(33)19-16(34)8-17(44-18(19)7-12)11-3-4-13(31)14(32)5-11/h3-9,20-26,28-29,31-33,35-38H,1-2H3,(H,39,40)/t9-,20-,21-,22-,23+,24-,25-,26+,28-,29+/m0/s1. The average molecular weight is 651 g/mol. The Morgan fingerprint density at radius 2 is 1.50 bits per heavy atom. The number of carbonyl (C=O) groups is 2. The molecule has 2 fully saturated rings. The van der Waals surface area contributed by atoms with Gasteiger partial charge in [-0.05, 0) is 25.1 Å². The molecule has 17 heteroatoms. The van der Waals surface area contributed by atoms with Crippen LogP contribution in [0.15, 0.2) is 45.6 Å². The smallest absolute Gasteiger partial charge is 0.335 e. The molecule has 248 valence electrons. The van der Waals surface area contributed by atoms with E-state index in [1.54, 1.807) is 0 Å². The summed E-state index contributed by atoms with van der Waals surface area (Å²) in [5.74, 6) is -4.38. The van der Waals surface area contributed by atoms with Crippen molar-refractivity contribution in [3.05, 3.63) is 46.6 Å². The van der Waals surface area contributed by atoms with Crippen LogP contribution in [0.3, 0.4) is 0 Å². The lowest BCUT2D eigenvalue weighted by molar-refractivity contribution is -0.351. The van der Waals surface area contributed by atoms with E-state index in [-0.39, 0.29) is 28.0 Å². The lowest BCUT2D eigenvalue weighted by Crippen LogP contribution is -2.65. The molecule has 2 saturated heterocycles. The van der Waals surface area contributed by atoms with E-state index in [4.69, 9.17) is 28.1 Å². The Labute approximate surface area is 257 Å². The van der Waals surface area contributed by atoms with E-state index in [0.29, 0.717) is 0 Å². The molecule has 0 unspecified atom stereocenters. The third-order valence-corrected chi connectivity index (χ3v) is 7.45. The number of hydrogen-bond donors (Lipinski definition) is 8.